The highest BCUT2D eigenvalue weighted by molar-refractivity contribution is 6.21. The van der Waals surface area contributed by atoms with Crippen molar-refractivity contribution in [1.29, 1.82) is 0 Å². The van der Waals surface area contributed by atoms with E-state index in [2.05, 4.69) is 10.6 Å². The van der Waals surface area contributed by atoms with Gasteiger partial charge in [0.1, 0.15) is 6.04 Å². The van der Waals surface area contributed by atoms with Crippen LogP contribution in [0, 0.1) is 10.8 Å². The lowest BCUT2D eigenvalue weighted by Crippen LogP contribution is -2.59. The molecule has 0 saturated carbocycles. The number of carbonyl (C=O) groups excluding carboxylic acids is 4. The maximum atomic E-state index is 13.8. The van der Waals surface area contributed by atoms with Gasteiger partial charge in [-0.2, -0.15) is 0 Å². The second-order valence-corrected chi connectivity index (χ2v) is 11.8. The van der Waals surface area contributed by atoms with Gasteiger partial charge in [0, 0.05) is 13.1 Å². The molecule has 1 aromatic carbocycles. The molecule has 1 heterocycles. The van der Waals surface area contributed by atoms with E-state index in [0.29, 0.717) is 30.9 Å². The highest BCUT2D eigenvalue weighted by Crippen LogP contribution is 2.36. The average molecular weight is 503 g/mol. The summed E-state index contributed by atoms with van der Waals surface area (Å²) in [4.78, 5) is 55.8. The van der Waals surface area contributed by atoms with Crippen molar-refractivity contribution in [3.8, 4) is 0 Å². The van der Waals surface area contributed by atoms with Crippen molar-refractivity contribution in [3.05, 3.63) is 24.3 Å². The van der Waals surface area contributed by atoms with Crippen LogP contribution in [0.25, 0.3) is 0 Å². The molecule has 0 aliphatic carbocycles. The van der Waals surface area contributed by atoms with Crippen LogP contribution in [0.5, 0.6) is 0 Å². The number of benzene rings is 1. The molecule has 1 aliphatic rings. The summed E-state index contributed by atoms with van der Waals surface area (Å²) in [6, 6.07) is 4.87. The summed E-state index contributed by atoms with van der Waals surface area (Å²) in [5, 5.41) is 5.07. The van der Waals surface area contributed by atoms with Crippen molar-refractivity contribution in [3.63, 3.8) is 0 Å². The van der Waals surface area contributed by atoms with Crippen LogP contribution < -0.4 is 20.4 Å². The average Bonchev–Trinajstić information content (AvgIpc) is 2.83. The van der Waals surface area contributed by atoms with Crippen LogP contribution in [0.15, 0.2) is 24.3 Å². The normalized spacial score (nSPS) is 15.8. The number of amides is 4. The van der Waals surface area contributed by atoms with Gasteiger partial charge in [-0.3, -0.25) is 14.4 Å². The molecule has 200 valence electrons. The molecule has 1 atom stereocenters. The van der Waals surface area contributed by atoms with Gasteiger partial charge in [0.15, 0.2) is 6.04 Å². The van der Waals surface area contributed by atoms with E-state index in [1.807, 2.05) is 72.7 Å². The monoisotopic (exact) mass is 502 g/mol. The summed E-state index contributed by atoms with van der Waals surface area (Å²) in [7, 11) is 0. The van der Waals surface area contributed by atoms with Gasteiger partial charge in [0.05, 0.1) is 18.0 Å². The number of hydrogen-bond acceptors (Lipinski definition) is 5. The van der Waals surface area contributed by atoms with E-state index < -0.39 is 35.9 Å². The SMILES string of the molecule is CCCCOC(=O)N[C@@H](C)C(=O)NC1C(=O)N(CC(C)(C)C)c2ccccc2N(CC(C)(C)C)C1=O. The summed E-state index contributed by atoms with van der Waals surface area (Å²) in [5.74, 6) is -1.67. The van der Waals surface area contributed by atoms with Gasteiger partial charge in [-0.15, -0.1) is 0 Å². The lowest BCUT2D eigenvalue weighted by atomic mass is 9.95. The zero-order valence-corrected chi connectivity index (χ0v) is 22.9. The summed E-state index contributed by atoms with van der Waals surface area (Å²) in [5.41, 5.74) is 0.711. The van der Waals surface area contributed by atoms with Gasteiger partial charge < -0.3 is 25.2 Å². The van der Waals surface area contributed by atoms with Crippen LogP contribution in [0.1, 0.15) is 68.2 Å². The number of unbranched alkanes of at least 4 members (excludes halogenated alkanes) is 1. The molecule has 0 radical (unpaired) electrons. The minimum absolute atomic E-state index is 0.248. The van der Waals surface area contributed by atoms with E-state index in [-0.39, 0.29) is 17.4 Å². The molecule has 4 amide bonds. The van der Waals surface area contributed by atoms with Crippen LogP contribution in [-0.4, -0.2) is 55.6 Å². The first-order chi connectivity index (χ1) is 16.6. The Labute approximate surface area is 214 Å². The molecule has 36 heavy (non-hydrogen) atoms. The molecule has 0 spiro atoms. The Morgan fingerprint density at radius 2 is 1.42 bits per heavy atom. The number of ether oxygens (including phenoxy) is 1. The van der Waals surface area contributed by atoms with Crippen LogP contribution in [0.2, 0.25) is 0 Å². The number of carbonyl (C=O) groups is 4. The van der Waals surface area contributed by atoms with Crippen molar-refractivity contribution in [2.45, 2.75) is 80.3 Å². The molecule has 1 aromatic rings. The molecule has 9 nitrogen and oxygen atoms in total. The summed E-state index contributed by atoms with van der Waals surface area (Å²) in [6.07, 6.45) is 0.862. The third-order valence-electron chi connectivity index (χ3n) is 5.50. The van der Waals surface area contributed by atoms with Crippen LogP contribution in [0.3, 0.4) is 0 Å². The van der Waals surface area contributed by atoms with Crippen molar-refractivity contribution >= 4 is 35.2 Å². The Balaban J connectivity index is 2.40. The molecular formula is C27H42N4O5. The van der Waals surface area contributed by atoms with Crippen molar-refractivity contribution in [2.75, 3.05) is 29.5 Å². The number of nitrogens with zero attached hydrogens (tertiary/aromatic N) is 2. The maximum Gasteiger partial charge on any atom is 0.407 e. The highest BCUT2D eigenvalue weighted by atomic mass is 16.5. The van der Waals surface area contributed by atoms with Gasteiger partial charge in [-0.25, -0.2) is 4.79 Å². The first kappa shape index (κ1) is 29.1. The number of rotatable bonds is 8. The lowest BCUT2D eigenvalue weighted by Gasteiger charge is -2.32. The van der Waals surface area contributed by atoms with Gasteiger partial charge in [-0.1, -0.05) is 67.0 Å². The van der Waals surface area contributed by atoms with Crippen LogP contribution in [-0.2, 0) is 19.1 Å². The zero-order valence-electron chi connectivity index (χ0n) is 22.9. The van der Waals surface area contributed by atoms with Gasteiger partial charge in [0.25, 0.3) is 11.8 Å². The number of anilines is 2. The Bertz CT molecular complexity index is 909. The second kappa shape index (κ2) is 11.8. The maximum absolute atomic E-state index is 13.8. The number of hydrogen-bond donors (Lipinski definition) is 2. The van der Waals surface area contributed by atoms with Gasteiger partial charge >= 0.3 is 6.09 Å². The summed E-state index contributed by atoms with van der Waals surface area (Å²) in [6.45, 7) is 16.4. The molecular weight excluding hydrogens is 460 g/mol. The lowest BCUT2D eigenvalue weighted by molar-refractivity contribution is -0.134. The molecule has 0 unspecified atom stereocenters. The third kappa shape index (κ3) is 7.96. The molecule has 2 rings (SSSR count). The van der Waals surface area contributed by atoms with E-state index in [9.17, 15) is 19.2 Å². The third-order valence-corrected chi connectivity index (χ3v) is 5.50. The van der Waals surface area contributed by atoms with E-state index in [0.717, 1.165) is 6.42 Å². The Kier molecular flexibility index (Phi) is 9.51. The highest BCUT2D eigenvalue weighted by Gasteiger charge is 2.43. The van der Waals surface area contributed by atoms with Crippen molar-refractivity contribution < 1.29 is 23.9 Å². The van der Waals surface area contributed by atoms with E-state index in [4.69, 9.17) is 4.74 Å². The minimum Gasteiger partial charge on any atom is -0.450 e. The van der Waals surface area contributed by atoms with E-state index in [1.54, 1.807) is 9.80 Å². The molecule has 9 heteroatoms. The zero-order chi connectivity index (χ0) is 27.3. The van der Waals surface area contributed by atoms with Crippen molar-refractivity contribution in [1.82, 2.24) is 10.6 Å². The topological polar surface area (TPSA) is 108 Å². The quantitative estimate of drug-likeness (QED) is 0.415. The molecule has 2 N–H and O–H groups in total. The molecule has 0 aromatic heterocycles. The summed E-state index contributed by atoms with van der Waals surface area (Å²) >= 11 is 0. The van der Waals surface area contributed by atoms with Crippen LogP contribution in [0.4, 0.5) is 16.2 Å². The van der Waals surface area contributed by atoms with Gasteiger partial charge in [-0.05, 0) is 36.3 Å². The predicted octanol–water partition coefficient (Wildman–Crippen LogP) is 3.86. The Morgan fingerprint density at radius 1 is 0.944 bits per heavy atom. The molecule has 0 bridgehead atoms. The largest absolute Gasteiger partial charge is 0.450 e. The fraction of sp³-hybridized carbons (Fsp3) is 0.630. The summed E-state index contributed by atoms with van der Waals surface area (Å²) < 4.78 is 5.06. The molecule has 0 fully saturated rings. The van der Waals surface area contributed by atoms with Crippen LogP contribution >= 0.6 is 0 Å². The minimum atomic E-state index is -1.44. The fourth-order valence-electron chi connectivity index (χ4n) is 3.83. The number of fused-ring (bicyclic) bond motifs is 1. The second-order valence-electron chi connectivity index (χ2n) is 11.8. The van der Waals surface area contributed by atoms with Gasteiger partial charge in [0.2, 0.25) is 5.91 Å². The first-order valence-corrected chi connectivity index (χ1v) is 12.6. The Hall–Kier alpha value is -3.10. The molecule has 0 saturated heterocycles. The smallest absolute Gasteiger partial charge is 0.407 e. The number of para-hydroxylation sites is 2. The fourth-order valence-corrected chi connectivity index (χ4v) is 3.83. The van der Waals surface area contributed by atoms with Crippen molar-refractivity contribution in [2.24, 2.45) is 10.8 Å². The Morgan fingerprint density at radius 3 is 1.83 bits per heavy atom. The number of alkyl carbamates (subject to hydrolysis) is 1. The van der Waals surface area contributed by atoms with E-state index >= 15 is 0 Å². The predicted molar refractivity (Wildman–Crippen MR) is 141 cm³/mol. The first-order valence-electron chi connectivity index (χ1n) is 12.6. The van der Waals surface area contributed by atoms with E-state index in [1.165, 1.54) is 6.92 Å². The number of nitrogens with one attached hydrogen (secondary N) is 2. The molecule has 1 aliphatic heterocycles. The standard InChI is InChI=1S/C27H42N4O5/c1-9-10-15-36-25(35)28-18(2)22(32)29-21-23(33)30(16-26(3,4)5)19-13-11-12-14-20(19)31(24(21)34)17-27(6,7)8/h11-14,18,21H,9-10,15-17H2,1-8H3,(H,28,35)(H,29,32)/t18-/m0/s1.